The van der Waals surface area contributed by atoms with Crippen molar-refractivity contribution in [1.29, 1.82) is 0 Å². The summed E-state index contributed by atoms with van der Waals surface area (Å²) in [4.78, 5) is 11.3. The lowest BCUT2D eigenvalue weighted by Gasteiger charge is -2.06. The number of halogens is 1. The number of benzene rings is 1. The maximum atomic E-state index is 12.8. The lowest BCUT2D eigenvalue weighted by Crippen LogP contribution is -2.20. The number of hydrogen-bond donors (Lipinski definition) is 1. The Morgan fingerprint density at radius 1 is 1.50 bits per heavy atom. The van der Waals surface area contributed by atoms with Gasteiger partial charge in [-0.25, -0.2) is 4.39 Å². The van der Waals surface area contributed by atoms with E-state index in [1.807, 2.05) is 6.07 Å². The Balaban J connectivity index is 2.07. The molecular formula is C11H12FNO. The molecule has 0 bridgehead atoms. The van der Waals surface area contributed by atoms with Crippen LogP contribution in [0.25, 0.3) is 0 Å². The van der Waals surface area contributed by atoms with Crippen LogP contribution in [0.3, 0.4) is 0 Å². The summed E-state index contributed by atoms with van der Waals surface area (Å²) < 4.78 is 12.8. The van der Waals surface area contributed by atoms with Crippen LogP contribution >= 0.6 is 0 Å². The van der Waals surface area contributed by atoms with Crippen molar-refractivity contribution < 1.29 is 9.18 Å². The molecule has 1 atom stereocenters. The quantitative estimate of drug-likeness (QED) is 0.757. The van der Waals surface area contributed by atoms with E-state index in [0.29, 0.717) is 6.42 Å². The van der Waals surface area contributed by atoms with Gasteiger partial charge >= 0.3 is 0 Å². The molecule has 1 fully saturated rings. The van der Waals surface area contributed by atoms with Gasteiger partial charge in [0.15, 0.2) is 0 Å². The summed E-state index contributed by atoms with van der Waals surface area (Å²) in [6.45, 7) is 0.749. The minimum absolute atomic E-state index is 0.0248. The molecule has 0 unspecified atom stereocenters. The van der Waals surface area contributed by atoms with E-state index in [4.69, 9.17) is 0 Å². The molecule has 2 rings (SSSR count). The maximum Gasteiger partial charge on any atom is 0.223 e. The van der Waals surface area contributed by atoms with E-state index in [0.717, 1.165) is 18.5 Å². The standard InChI is InChI=1S/C11H12FNO/c12-10-3-1-2-8(7-10)6-9-4-5-13-11(9)14/h1-3,7,9H,4-6H2,(H,13,14)/t9-/m0/s1. The van der Waals surface area contributed by atoms with Crippen molar-refractivity contribution in [3.63, 3.8) is 0 Å². The first-order valence-electron chi connectivity index (χ1n) is 4.78. The summed E-state index contributed by atoms with van der Waals surface area (Å²) in [6.07, 6.45) is 1.50. The van der Waals surface area contributed by atoms with Crippen LogP contribution in [-0.4, -0.2) is 12.5 Å². The third-order valence-electron chi connectivity index (χ3n) is 2.53. The second-order valence-corrected chi connectivity index (χ2v) is 3.61. The first-order valence-corrected chi connectivity index (χ1v) is 4.78. The number of carbonyl (C=O) groups is 1. The van der Waals surface area contributed by atoms with Crippen LogP contribution in [0.15, 0.2) is 24.3 Å². The monoisotopic (exact) mass is 193 g/mol. The number of amides is 1. The molecule has 1 N–H and O–H groups in total. The SMILES string of the molecule is O=C1NCC[C@H]1Cc1cccc(F)c1. The minimum Gasteiger partial charge on any atom is -0.356 e. The van der Waals surface area contributed by atoms with Crippen molar-refractivity contribution in [2.24, 2.45) is 5.92 Å². The van der Waals surface area contributed by atoms with Crippen molar-refractivity contribution in [1.82, 2.24) is 5.32 Å². The molecule has 1 aliphatic rings. The van der Waals surface area contributed by atoms with E-state index in [2.05, 4.69) is 5.32 Å². The zero-order valence-electron chi connectivity index (χ0n) is 7.79. The van der Waals surface area contributed by atoms with Gasteiger partial charge in [0.1, 0.15) is 5.82 Å². The molecule has 1 aromatic carbocycles. The number of nitrogens with one attached hydrogen (secondary N) is 1. The van der Waals surface area contributed by atoms with Crippen LogP contribution < -0.4 is 5.32 Å². The molecule has 1 heterocycles. The number of carbonyl (C=O) groups excluding carboxylic acids is 1. The van der Waals surface area contributed by atoms with E-state index >= 15 is 0 Å². The molecule has 0 aliphatic carbocycles. The molecule has 3 heteroatoms. The Kier molecular flexibility index (Phi) is 2.48. The smallest absolute Gasteiger partial charge is 0.223 e. The van der Waals surface area contributed by atoms with E-state index in [9.17, 15) is 9.18 Å². The predicted molar refractivity (Wildman–Crippen MR) is 51.2 cm³/mol. The molecule has 0 aromatic heterocycles. The Bertz CT molecular complexity index is 351. The van der Waals surface area contributed by atoms with Crippen LogP contribution in [0.5, 0.6) is 0 Å². The first-order chi connectivity index (χ1) is 6.75. The zero-order valence-corrected chi connectivity index (χ0v) is 7.79. The van der Waals surface area contributed by atoms with Crippen LogP contribution in [-0.2, 0) is 11.2 Å². The van der Waals surface area contributed by atoms with Crippen LogP contribution in [0.1, 0.15) is 12.0 Å². The van der Waals surface area contributed by atoms with Crippen molar-refractivity contribution in [2.45, 2.75) is 12.8 Å². The molecule has 74 valence electrons. The van der Waals surface area contributed by atoms with Gasteiger partial charge in [-0.05, 0) is 30.5 Å². The van der Waals surface area contributed by atoms with Gasteiger partial charge in [0.2, 0.25) is 5.91 Å². The maximum absolute atomic E-state index is 12.8. The molecule has 1 aromatic rings. The van der Waals surface area contributed by atoms with Gasteiger partial charge in [-0.15, -0.1) is 0 Å². The van der Waals surface area contributed by atoms with Crippen molar-refractivity contribution >= 4 is 5.91 Å². The Hall–Kier alpha value is -1.38. The second kappa shape index (κ2) is 3.78. The van der Waals surface area contributed by atoms with Gasteiger partial charge in [0.25, 0.3) is 0 Å². The lowest BCUT2D eigenvalue weighted by atomic mass is 9.98. The fourth-order valence-electron chi connectivity index (χ4n) is 1.79. The highest BCUT2D eigenvalue weighted by atomic mass is 19.1. The summed E-state index contributed by atoms with van der Waals surface area (Å²) in [5, 5.41) is 2.77. The third kappa shape index (κ3) is 1.92. The Labute approximate surface area is 82.1 Å². The highest BCUT2D eigenvalue weighted by Crippen LogP contribution is 2.16. The predicted octanol–water partition coefficient (Wildman–Crippen LogP) is 1.50. The van der Waals surface area contributed by atoms with Crippen LogP contribution in [0.2, 0.25) is 0 Å². The van der Waals surface area contributed by atoms with E-state index in [1.165, 1.54) is 12.1 Å². The van der Waals surface area contributed by atoms with Crippen molar-refractivity contribution in [3.05, 3.63) is 35.6 Å². The summed E-state index contributed by atoms with van der Waals surface area (Å²) in [6, 6.07) is 6.44. The van der Waals surface area contributed by atoms with Crippen molar-refractivity contribution in [3.8, 4) is 0 Å². The fraction of sp³-hybridized carbons (Fsp3) is 0.364. The normalized spacial score (nSPS) is 20.9. The van der Waals surface area contributed by atoms with E-state index in [-0.39, 0.29) is 17.6 Å². The molecule has 1 saturated heterocycles. The minimum atomic E-state index is -0.235. The number of hydrogen-bond acceptors (Lipinski definition) is 1. The van der Waals surface area contributed by atoms with Gasteiger partial charge in [0, 0.05) is 12.5 Å². The third-order valence-corrected chi connectivity index (χ3v) is 2.53. The summed E-state index contributed by atoms with van der Waals surface area (Å²) in [5.74, 6) is -0.119. The fourth-order valence-corrected chi connectivity index (χ4v) is 1.79. The van der Waals surface area contributed by atoms with Gasteiger partial charge in [-0.2, -0.15) is 0 Å². The summed E-state index contributed by atoms with van der Waals surface area (Å²) >= 11 is 0. The molecular weight excluding hydrogens is 181 g/mol. The van der Waals surface area contributed by atoms with Gasteiger partial charge < -0.3 is 5.32 Å². The average molecular weight is 193 g/mol. The van der Waals surface area contributed by atoms with E-state index < -0.39 is 0 Å². The number of rotatable bonds is 2. The molecule has 0 radical (unpaired) electrons. The van der Waals surface area contributed by atoms with Gasteiger partial charge in [-0.3, -0.25) is 4.79 Å². The Morgan fingerprint density at radius 3 is 3.00 bits per heavy atom. The summed E-state index contributed by atoms with van der Waals surface area (Å²) in [7, 11) is 0. The molecule has 1 amide bonds. The van der Waals surface area contributed by atoms with E-state index in [1.54, 1.807) is 6.07 Å². The highest BCUT2D eigenvalue weighted by molar-refractivity contribution is 5.80. The van der Waals surface area contributed by atoms with Crippen LogP contribution in [0, 0.1) is 11.7 Å². The Morgan fingerprint density at radius 2 is 2.36 bits per heavy atom. The molecule has 14 heavy (non-hydrogen) atoms. The largest absolute Gasteiger partial charge is 0.356 e. The topological polar surface area (TPSA) is 29.1 Å². The van der Waals surface area contributed by atoms with Crippen molar-refractivity contribution in [2.75, 3.05) is 6.54 Å². The second-order valence-electron chi connectivity index (χ2n) is 3.61. The molecule has 0 saturated carbocycles. The molecule has 0 spiro atoms. The summed E-state index contributed by atoms with van der Waals surface area (Å²) in [5.41, 5.74) is 0.895. The van der Waals surface area contributed by atoms with Gasteiger partial charge in [-0.1, -0.05) is 12.1 Å². The van der Waals surface area contributed by atoms with Gasteiger partial charge in [0.05, 0.1) is 0 Å². The lowest BCUT2D eigenvalue weighted by molar-refractivity contribution is -0.122. The van der Waals surface area contributed by atoms with Crippen LogP contribution in [0.4, 0.5) is 4.39 Å². The first kappa shape index (κ1) is 9.19. The zero-order chi connectivity index (χ0) is 9.97. The average Bonchev–Trinajstić information content (AvgIpc) is 2.52. The highest BCUT2D eigenvalue weighted by Gasteiger charge is 2.23. The molecule has 1 aliphatic heterocycles. The molecule has 2 nitrogen and oxygen atoms in total.